The molecule has 2 amide bonds. The lowest BCUT2D eigenvalue weighted by Crippen LogP contribution is -2.27. The van der Waals surface area contributed by atoms with Crippen molar-refractivity contribution in [3.8, 4) is 22.6 Å². The van der Waals surface area contributed by atoms with Crippen LogP contribution in [0.25, 0.3) is 22.0 Å². The summed E-state index contributed by atoms with van der Waals surface area (Å²) < 4.78 is 40.0. The van der Waals surface area contributed by atoms with Crippen molar-refractivity contribution >= 4 is 55.8 Å². The molecule has 2 aromatic heterocycles. The van der Waals surface area contributed by atoms with Crippen molar-refractivity contribution in [3.05, 3.63) is 113 Å². The number of sulfonamides is 1. The van der Waals surface area contributed by atoms with E-state index in [0.717, 1.165) is 39.7 Å². The number of hydrogen-bond acceptors (Lipinski definition) is 10. The molecule has 2 heterocycles. The number of benzene rings is 4. The average molecular weight is 791 g/mol. The molecule has 0 saturated heterocycles. The molecule has 6 aromatic rings. The Labute approximate surface area is 332 Å². The van der Waals surface area contributed by atoms with E-state index in [1.165, 1.54) is 14.2 Å². The highest BCUT2D eigenvalue weighted by Gasteiger charge is 2.23. The van der Waals surface area contributed by atoms with Gasteiger partial charge >= 0.3 is 0 Å². The number of anilines is 4. The van der Waals surface area contributed by atoms with E-state index >= 15 is 0 Å². The normalized spacial score (nSPS) is 11.6. The highest BCUT2D eigenvalue weighted by atomic mass is 32.2. The summed E-state index contributed by atoms with van der Waals surface area (Å²) in [5.74, 6) is 1.20. The standard InChI is InChI=1S/C42H46N8O6S/c1-25-9-10-28(39(51)47-35-21-30(42(3,4)5)22-36(38(35)56-7)49-57(8,53)54)20-33(25)27-11-14-34-29(19-27)24-45-41(48-34)46-31-12-13-32(37(23-31)55-6)40(52)44-16-18-50-17-15-43-26(50)2/h9-15,17,19-24,49H,16,18H2,1-8H3,(H,44,52)(H,47,51)(H,45,46,48). The van der Waals surface area contributed by atoms with Crippen LogP contribution in [-0.4, -0.2) is 66.8 Å². The first-order valence-electron chi connectivity index (χ1n) is 18.1. The maximum absolute atomic E-state index is 13.8. The summed E-state index contributed by atoms with van der Waals surface area (Å²) in [6.45, 7) is 10.9. The first-order chi connectivity index (χ1) is 27.0. The Morgan fingerprint density at radius 3 is 2.33 bits per heavy atom. The fourth-order valence-corrected chi connectivity index (χ4v) is 6.84. The van der Waals surface area contributed by atoms with Crippen molar-refractivity contribution in [2.75, 3.05) is 42.4 Å². The van der Waals surface area contributed by atoms with Gasteiger partial charge in [0, 0.05) is 54.4 Å². The topological polar surface area (TPSA) is 178 Å². The summed E-state index contributed by atoms with van der Waals surface area (Å²) in [4.78, 5) is 40.1. The molecular weight excluding hydrogens is 745 g/mol. The largest absolute Gasteiger partial charge is 0.496 e. The van der Waals surface area contributed by atoms with E-state index < -0.39 is 15.9 Å². The second kappa shape index (κ2) is 16.3. The van der Waals surface area contributed by atoms with Gasteiger partial charge in [-0.1, -0.05) is 32.9 Å². The van der Waals surface area contributed by atoms with Gasteiger partial charge in [-0.25, -0.2) is 23.4 Å². The molecule has 0 unspecified atom stereocenters. The maximum atomic E-state index is 13.8. The molecule has 14 nitrogen and oxygen atoms in total. The molecule has 0 aliphatic carbocycles. The number of ether oxygens (including phenoxy) is 2. The SMILES string of the molecule is COc1cc(Nc2ncc3cc(-c4cc(C(=O)Nc5cc(C(C)(C)C)cc(NS(C)(=O)=O)c5OC)ccc4C)ccc3n2)ccc1C(=O)NCCn1ccnc1C. The molecule has 15 heteroatoms. The number of methoxy groups -OCH3 is 2. The molecule has 4 aromatic carbocycles. The Hall–Kier alpha value is -6.48. The number of aryl methyl sites for hydroxylation is 2. The van der Waals surface area contributed by atoms with Crippen molar-refractivity contribution in [2.45, 2.75) is 46.6 Å². The molecule has 296 valence electrons. The summed E-state index contributed by atoms with van der Waals surface area (Å²) in [5, 5.41) is 9.87. The predicted molar refractivity (Wildman–Crippen MR) is 223 cm³/mol. The summed E-state index contributed by atoms with van der Waals surface area (Å²) in [5.41, 5.74) is 5.82. The van der Waals surface area contributed by atoms with E-state index in [0.29, 0.717) is 52.8 Å². The van der Waals surface area contributed by atoms with Gasteiger partial charge in [0.25, 0.3) is 11.8 Å². The fraction of sp³-hybridized carbons (Fsp3) is 0.262. The second-order valence-electron chi connectivity index (χ2n) is 14.6. The Morgan fingerprint density at radius 1 is 0.877 bits per heavy atom. The number of nitrogens with one attached hydrogen (secondary N) is 4. The van der Waals surface area contributed by atoms with Gasteiger partial charge in [0.15, 0.2) is 5.75 Å². The van der Waals surface area contributed by atoms with Crippen molar-refractivity contribution in [2.24, 2.45) is 0 Å². The Balaban J connectivity index is 1.19. The number of carbonyl (C=O) groups is 2. The molecule has 4 N–H and O–H groups in total. The van der Waals surface area contributed by atoms with Gasteiger partial charge in [0.2, 0.25) is 16.0 Å². The highest BCUT2D eigenvalue weighted by Crippen LogP contribution is 2.39. The van der Waals surface area contributed by atoms with E-state index in [1.807, 2.05) is 75.7 Å². The number of fused-ring (bicyclic) bond motifs is 1. The van der Waals surface area contributed by atoms with Crippen molar-refractivity contribution in [3.63, 3.8) is 0 Å². The molecule has 0 atom stereocenters. The zero-order valence-corrected chi connectivity index (χ0v) is 34.0. The van der Waals surface area contributed by atoms with E-state index in [9.17, 15) is 18.0 Å². The van der Waals surface area contributed by atoms with Crippen LogP contribution in [0.1, 0.15) is 58.4 Å². The minimum Gasteiger partial charge on any atom is -0.496 e. The Kier molecular flexibility index (Phi) is 11.5. The van der Waals surface area contributed by atoms with Crippen molar-refractivity contribution < 1.29 is 27.5 Å². The fourth-order valence-electron chi connectivity index (χ4n) is 6.29. The molecule has 0 spiro atoms. The molecule has 57 heavy (non-hydrogen) atoms. The minimum absolute atomic E-state index is 0.198. The van der Waals surface area contributed by atoms with Crippen LogP contribution < -0.4 is 30.1 Å². The van der Waals surface area contributed by atoms with E-state index in [-0.39, 0.29) is 22.8 Å². The van der Waals surface area contributed by atoms with Crippen LogP contribution in [0.15, 0.2) is 85.3 Å². The second-order valence-corrected chi connectivity index (χ2v) is 16.4. The number of carbonyl (C=O) groups excluding carboxylic acids is 2. The monoisotopic (exact) mass is 790 g/mol. The average Bonchev–Trinajstić information content (AvgIpc) is 3.57. The van der Waals surface area contributed by atoms with E-state index in [4.69, 9.17) is 14.5 Å². The molecule has 0 bridgehead atoms. The summed E-state index contributed by atoms with van der Waals surface area (Å²) in [6, 6.07) is 19.9. The number of aromatic nitrogens is 4. The summed E-state index contributed by atoms with van der Waals surface area (Å²) >= 11 is 0. The van der Waals surface area contributed by atoms with Crippen LogP contribution in [0.4, 0.5) is 23.0 Å². The van der Waals surface area contributed by atoms with Crippen LogP contribution in [-0.2, 0) is 22.0 Å². The smallest absolute Gasteiger partial charge is 0.255 e. The van der Waals surface area contributed by atoms with Crippen molar-refractivity contribution in [1.29, 1.82) is 0 Å². The summed E-state index contributed by atoms with van der Waals surface area (Å²) in [6.07, 6.45) is 6.37. The third-order valence-corrected chi connectivity index (χ3v) is 9.95. The van der Waals surface area contributed by atoms with Gasteiger partial charge in [0.1, 0.15) is 11.6 Å². The van der Waals surface area contributed by atoms with E-state index in [2.05, 4.69) is 30.6 Å². The number of nitrogens with zero attached hydrogens (tertiary/aromatic N) is 4. The highest BCUT2D eigenvalue weighted by molar-refractivity contribution is 7.92. The lowest BCUT2D eigenvalue weighted by atomic mass is 9.86. The lowest BCUT2D eigenvalue weighted by molar-refractivity contribution is 0.0948. The number of rotatable bonds is 13. The van der Waals surface area contributed by atoms with E-state index in [1.54, 1.807) is 48.8 Å². The quantitative estimate of drug-likeness (QED) is 0.0934. The van der Waals surface area contributed by atoms with Crippen LogP contribution in [0.2, 0.25) is 0 Å². The van der Waals surface area contributed by atoms with Crippen molar-refractivity contribution in [1.82, 2.24) is 24.8 Å². The molecule has 0 saturated carbocycles. The Bertz CT molecular complexity index is 2600. The minimum atomic E-state index is -3.63. The van der Waals surface area contributed by atoms with Crippen LogP contribution >= 0.6 is 0 Å². The van der Waals surface area contributed by atoms with Gasteiger partial charge in [-0.05, 0) is 90.0 Å². The first kappa shape index (κ1) is 40.2. The molecule has 0 aliphatic heterocycles. The maximum Gasteiger partial charge on any atom is 0.255 e. The zero-order chi connectivity index (χ0) is 41.1. The van der Waals surface area contributed by atoms with Gasteiger partial charge < -0.3 is 30.0 Å². The van der Waals surface area contributed by atoms with Crippen LogP contribution in [0.3, 0.4) is 0 Å². The first-order valence-corrected chi connectivity index (χ1v) is 20.0. The third-order valence-electron chi connectivity index (χ3n) is 9.36. The number of imidazole rings is 1. The lowest BCUT2D eigenvalue weighted by Gasteiger charge is -2.24. The molecule has 6 rings (SSSR count). The van der Waals surface area contributed by atoms with Gasteiger partial charge in [-0.15, -0.1) is 0 Å². The molecule has 0 fully saturated rings. The third kappa shape index (κ3) is 9.50. The van der Waals surface area contributed by atoms with Gasteiger partial charge in [-0.2, -0.15) is 0 Å². The summed E-state index contributed by atoms with van der Waals surface area (Å²) in [7, 11) is -0.697. The van der Waals surface area contributed by atoms with Gasteiger partial charge in [0.05, 0.1) is 42.9 Å². The Morgan fingerprint density at radius 2 is 1.65 bits per heavy atom. The molecule has 0 radical (unpaired) electrons. The van der Waals surface area contributed by atoms with Gasteiger partial charge in [-0.3, -0.25) is 14.3 Å². The molecule has 0 aliphatic rings. The van der Waals surface area contributed by atoms with Crippen LogP contribution in [0.5, 0.6) is 11.5 Å². The zero-order valence-electron chi connectivity index (χ0n) is 33.1. The number of hydrogen-bond donors (Lipinski definition) is 4. The number of amides is 2. The predicted octanol–water partition coefficient (Wildman–Crippen LogP) is 7.22. The molecular formula is C42H46N8O6S. The van der Waals surface area contributed by atoms with Crippen LogP contribution in [0, 0.1) is 13.8 Å².